The number of aromatic nitrogens is 2. The van der Waals surface area contributed by atoms with Gasteiger partial charge in [0, 0.05) is 7.92 Å². The molecular formula is C24H27Cl2N5O4S2. The van der Waals surface area contributed by atoms with Gasteiger partial charge in [-0.1, -0.05) is 41.9 Å². The number of fused-ring (bicyclic) bond motifs is 1. The van der Waals surface area contributed by atoms with E-state index in [0.29, 0.717) is 34.1 Å². The molecule has 1 amide bonds. The van der Waals surface area contributed by atoms with Crippen LogP contribution in [0.4, 0.5) is 5.82 Å². The number of likely N-dealkylation sites (N-methyl/N-ethyl adjacent to an activating group) is 1. The molecule has 0 spiro atoms. The second-order valence-corrected chi connectivity index (χ2v) is 11.6. The van der Waals surface area contributed by atoms with Crippen molar-refractivity contribution in [2.75, 3.05) is 18.9 Å². The van der Waals surface area contributed by atoms with Crippen molar-refractivity contribution >= 4 is 68.0 Å². The van der Waals surface area contributed by atoms with Crippen LogP contribution in [0.2, 0.25) is 4.34 Å². The van der Waals surface area contributed by atoms with E-state index < -0.39 is 16.1 Å². The summed E-state index contributed by atoms with van der Waals surface area (Å²) < 4.78 is 43.4. The van der Waals surface area contributed by atoms with Gasteiger partial charge in [-0.25, -0.2) is 8.42 Å². The molecule has 0 saturated heterocycles. The minimum Gasteiger partial charge on any atom is -0.496 e. The Hall–Kier alpha value is -2.83. The zero-order valence-corrected chi connectivity index (χ0v) is 23.2. The highest BCUT2D eigenvalue weighted by Gasteiger charge is 2.23. The van der Waals surface area contributed by atoms with Crippen LogP contribution in [0.15, 0.2) is 58.8 Å². The van der Waals surface area contributed by atoms with Crippen molar-refractivity contribution in [3.8, 4) is 5.75 Å². The fraction of sp³-hybridized carbons (Fsp3) is 0.250. The van der Waals surface area contributed by atoms with Crippen molar-refractivity contribution in [2.45, 2.75) is 30.3 Å². The number of carbonyl (C=O) groups excluding carboxylic acids is 1. The number of carbonyl (C=O) groups is 1. The molecule has 0 fully saturated rings. The minimum atomic E-state index is -3.91. The normalized spacial score (nSPS) is 12.5. The third-order valence-corrected chi connectivity index (χ3v) is 8.56. The summed E-state index contributed by atoms with van der Waals surface area (Å²) in [6.45, 7) is 2.39. The lowest BCUT2D eigenvalue weighted by molar-refractivity contribution is -0.122. The molecule has 198 valence electrons. The summed E-state index contributed by atoms with van der Waals surface area (Å²) in [5.41, 5.74) is 2.50. The predicted octanol–water partition coefficient (Wildman–Crippen LogP) is 4.25. The van der Waals surface area contributed by atoms with E-state index in [0.717, 1.165) is 22.5 Å². The Bertz CT molecular complexity index is 1530. The number of rotatable bonds is 10. The zero-order chi connectivity index (χ0) is 26.6. The van der Waals surface area contributed by atoms with E-state index in [-0.39, 0.29) is 35.4 Å². The van der Waals surface area contributed by atoms with Gasteiger partial charge in [-0.05, 0) is 49.3 Å². The highest BCUT2D eigenvalue weighted by atomic mass is 35.5. The van der Waals surface area contributed by atoms with Crippen LogP contribution in [0.25, 0.3) is 10.9 Å². The molecule has 9 nitrogen and oxygen atoms in total. The molecule has 0 aliphatic heterocycles. The third kappa shape index (κ3) is 6.55. The Kier molecular flexibility index (Phi) is 8.93. The van der Waals surface area contributed by atoms with Gasteiger partial charge in [0.05, 0.1) is 34.9 Å². The smallest absolute Gasteiger partial charge is 0.272 e. The van der Waals surface area contributed by atoms with Gasteiger partial charge in [-0.3, -0.25) is 14.2 Å². The van der Waals surface area contributed by atoms with E-state index in [1.165, 1.54) is 19.2 Å². The van der Waals surface area contributed by atoms with E-state index >= 15 is 0 Å². The number of nitrogens with zero attached hydrogens (tertiary/aromatic N) is 2. The van der Waals surface area contributed by atoms with E-state index in [9.17, 15) is 13.2 Å². The fourth-order valence-corrected chi connectivity index (χ4v) is 6.12. The second kappa shape index (κ2) is 12.1. The van der Waals surface area contributed by atoms with Gasteiger partial charge in [-0.2, -0.15) is 5.10 Å². The highest BCUT2D eigenvalue weighted by molar-refractivity contribution is 7.94. The van der Waals surface area contributed by atoms with Crippen LogP contribution in [0.3, 0.4) is 0 Å². The first-order chi connectivity index (χ1) is 17.7. The number of sulfonamides is 1. The number of amides is 1. The zero-order valence-electron chi connectivity index (χ0n) is 21.0. The van der Waals surface area contributed by atoms with Crippen molar-refractivity contribution in [1.29, 1.82) is 0 Å². The molecule has 37 heavy (non-hydrogen) atoms. The number of halogens is 2. The van der Waals surface area contributed by atoms with Crippen molar-refractivity contribution in [3.63, 3.8) is 0 Å². The predicted molar refractivity (Wildman–Crippen MR) is 150 cm³/mol. The van der Waals surface area contributed by atoms with Gasteiger partial charge >= 0.3 is 0 Å². The summed E-state index contributed by atoms with van der Waals surface area (Å²) in [5, 5.41) is 10.7. The third-order valence-electron chi connectivity index (χ3n) is 5.49. The number of nitrogens with one attached hydrogen (secondary N) is 3. The lowest BCUT2D eigenvalue weighted by atomic mass is 10.1. The molecule has 4 aromatic rings. The largest absolute Gasteiger partial charge is 0.496 e. The Labute approximate surface area is 232 Å². The highest BCUT2D eigenvalue weighted by Crippen LogP contribution is 2.35. The fourth-order valence-electron chi connectivity index (χ4n) is 3.62. The number of methoxy groups -OCH3 is 1. The summed E-state index contributed by atoms with van der Waals surface area (Å²) in [5.74, 6) is 0.445. The van der Waals surface area contributed by atoms with Crippen LogP contribution >= 0.6 is 35.3 Å². The van der Waals surface area contributed by atoms with E-state index in [1.54, 1.807) is 17.7 Å². The molecule has 0 radical (unpaired) electrons. The SMILES string of the molecule is Cl.[2H]CN[C@@H](C)C(=O)NCc1cccc(Cn2nc(NS(=O)(=O)c3ccc(Cl)s3)c3c(OC)cccc32)c1. The number of benzene rings is 2. The molecule has 0 unspecified atom stereocenters. The first kappa shape index (κ1) is 27.2. The summed E-state index contributed by atoms with van der Waals surface area (Å²) in [4.78, 5) is 12.2. The van der Waals surface area contributed by atoms with Gasteiger partial charge in [0.25, 0.3) is 10.0 Å². The molecule has 3 N–H and O–H groups in total. The van der Waals surface area contributed by atoms with Crippen molar-refractivity contribution in [3.05, 3.63) is 70.1 Å². The van der Waals surface area contributed by atoms with Crippen LogP contribution < -0.4 is 20.1 Å². The van der Waals surface area contributed by atoms with Gasteiger partial charge < -0.3 is 15.4 Å². The monoisotopic (exact) mass is 584 g/mol. The Balaban J connectivity index is 0.00000400. The average Bonchev–Trinajstić information content (AvgIpc) is 3.47. The van der Waals surface area contributed by atoms with Gasteiger partial charge in [0.1, 0.15) is 9.96 Å². The quantitative estimate of drug-likeness (QED) is 0.257. The Morgan fingerprint density at radius 1 is 1.22 bits per heavy atom. The van der Waals surface area contributed by atoms with Crippen molar-refractivity contribution in [1.82, 2.24) is 20.4 Å². The molecule has 0 saturated carbocycles. The van der Waals surface area contributed by atoms with Crippen LogP contribution in [0, 0.1) is 0 Å². The van der Waals surface area contributed by atoms with Gasteiger partial charge in [-0.15, -0.1) is 23.7 Å². The van der Waals surface area contributed by atoms with Crippen molar-refractivity contribution in [2.24, 2.45) is 0 Å². The van der Waals surface area contributed by atoms with Crippen LogP contribution in [0.5, 0.6) is 5.75 Å². The summed E-state index contributed by atoms with van der Waals surface area (Å²) in [6, 6.07) is 15.6. The van der Waals surface area contributed by atoms with Gasteiger partial charge in [0.15, 0.2) is 5.82 Å². The average molecular weight is 586 g/mol. The molecule has 0 aliphatic rings. The van der Waals surface area contributed by atoms with Crippen LogP contribution in [-0.2, 0) is 27.9 Å². The van der Waals surface area contributed by atoms with Crippen molar-refractivity contribution < 1.29 is 19.3 Å². The maximum Gasteiger partial charge on any atom is 0.272 e. The lowest BCUT2D eigenvalue weighted by Gasteiger charge is -2.12. The second-order valence-electron chi connectivity index (χ2n) is 7.99. The van der Waals surface area contributed by atoms with Crippen LogP contribution in [0.1, 0.15) is 19.4 Å². The van der Waals surface area contributed by atoms with Crippen LogP contribution in [-0.4, -0.2) is 44.3 Å². The number of hydrogen-bond donors (Lipinski definition) is 3. The molecule has 13 heteroatoms. The van der Waals surface area contributed by atoms with Gasteiger partial charge in [0.2, 0.25) is 5.91 Å². The Morgan fingerprint density at radius 2 is 1.97 bits per heavy atom. The number of hydrogen-bond acceptors (Lipinski definition) is 7. The molecule has 2 aromatic heterocycles. The van der Waals surface area contributed by atoms with E-state index in [4.69, 9.17) is 17.7 Å². The molecule has 0 bridgehead atoms. The Morgan fingerprint density at radius 3 is 2.68 bits per heavy atom. The minimum absolute atomic E-state index is 0. The summed E-state index contributed by atoms with van der Waals surface area (Å²) in [7, 11) is -2.43. The maximum absolute atomic E-state index is 13.0. The molecule has 4 rings (SSSR count). The summed E-state index contributed by atoms with van der Waals surface area (Å²) in [6.07, 6.45) is 0. The number of thiophene rings is 1. The summed E-state index contributed by atoms with van der Waals surface area (Å²) >= 11 is 6.90. The lowest BCUT2D eigenvalue weighted by Crippen LogP contribution is -2.39. The van der Waals surface area contributed by atoms with E-state index in [2.05, 4.69) is 20.5 Å². The molecule has 0 aliphatic carbocycles. The first-order valence-electron chi connectivity index (χ1n) is 11.6. The molecule has 2 aromatic carbocycles. The number of anilines is 1. The number of ether oxygens (including phenoxy) is 1. The molecular weight excluding hydrogens is 557 g/mol. The molecule has 1 atom stereocenters. The maximum atomic E-state index is 13.0. The first-order valence-corrected chi connectivity index (χ1v) is 13.6. The van der Waals surface area contributed by atoms with E-state index in [1.807, 2.05) is 36.4 Å². The molecule has 2 heterocycles. The standard InChI is InChI=1S/C24H26ClN5O4S2.ClH/c1-15(26-2)24(31)27-13-16-6-4-7-17(12-16)14-30-18-8-5-9-19(34-3)22(18)23(28-30)29-36(32,33)21-11-10-20(25)35-21;/h4-12,15,26H,13-14H2,1-3H3,(H,27,31)(H,28,29);1H/t15-;/m0./s1/i2D;. The topological polar surface area (TPSA) is 114 Å².